The van der Waals surface area contributed by atoms with Crippen LogP contribution in [-0.2, 0) is 23.1 Å². The van der Waals surface area contributed by atoms with Gasteiger partial charge >= 0.3 is 5.69 Å². The predicted molar refractivity (Wildman–Crippen MR) is 84.4 cm³/mol. The first-order chi connectivity index (χ1) is 11.0. The van der Waals surface area contributed by atoms with Gasteiger partial charge < -0.3 is 14.0 Å². The highest BCUT2D eigenvalue weighted by molar-refractivity contribution is 5.69. The summed E-state index contributed by atoms with van der Waals surface area (Å²) in [5, 5.41) is 0. The zero-order chi connectivity index (χ0) is 16.4. The predicted octanol–water partition coefficient (Wildman–Crippen LogP) is 0.747. The lowest BCUT2D eigenvalue weighted by Crippen LogP contribution is -2.31. The van der Waals surface area contributed by atoms with Crippen molar-refractivity contribution in [1.82, 2.24) is 19.1 Å². The summed E-state index contributed by atoms with van der Waals surface area (Å²) in [6, 6.07) is 0. The summed E-state index contributed by atoms with van der Waals surface area (Å²) in [4.78, 5) is 30.4. The molecular weight excluding hydrogens is 300 g/mol. The molecule has 0 bridgehead atoms. The molecule has 2 aromatic rings. The van der Waals surface area contributed by atoms with Crippen molar-refractivity contribution in [3.63, 3.8) is 0 Å². The summed E-state index contributed by atoms with van der Waals surface area (Å²) in [6.45, 7) is 3.80. The highest BCUT2D eigenvalue weighted by Gasteiger charge is 2.29. The third-order valence-electron chi connectivity index (χ3n) is 4.26. The summed E-state index contributed by atoms with van der Waals surface area (Å²) in [6.07, 6.45) is 5.12. The number of unbranched alkanes of at least 4 members (excludes halogenated alkanes) is 2. The van der Waals surface area contributed by atoms with Gasteiger partial charge in [-0.1, -0.05) is 6.42 Å². The molecule has 2 aromatic heterocycles. The van der Waals surface area contributed by atoms with Gasteiger partial charge in [-0.3, -0.25) is 14.3 Å². The first kappa shape index (κ1) is 15.9. The van der Waals surface area contributed by atoms with Crippen molar-refractivity contribution in [1.29, 1.82) is 0 Å². The molecule has 0 unspecified atom stereocenters. The summed E-state index contributed by atoms with van der Waals surface area (Å²) >= 11 is 0. The minimum absolute atomic E-state index is 0.398. The van der Waals surface area contributed by atoms with Crippen molar-refractivity contribution in [3.05, 3.63) is 27.2 Å². The van der Waals surface area contributed by atoms with Gasteiger partial charge in [0.25, 0.3) is 5.56 Å². The van der Waals surface area contributed by atoms with Gasteiger partial charge in [0.2, 0.25) is 0 Å². The van der Waals surface area contributed by atoms with Gasteiger partial charge in [-0.15, -0.1) is 0 Å². The fourth-order valence-corrected chi connectivity index (χ4v) is 3.00. The zero-order valence-electron chi connectivity index (χ0n) is 13.5. The molecule has 1 aliphatic rings. The molecule has 8 nitrogen and oxygen atoms in total. The maximum atomic E-state index is 12.0. The largest absolute Gasteiger partial charge is 0.348 e. The Hall–Kier alpha value is -1.93. The number of rotatable bonds is 6. The third-order valence-corrected chi connectivity index (χ3v) is 4.26. The average Bonchev–Trinajstić information content (AvgIpc) is 3.09. The van der Waals surface area contributed by atoms with E-state index in [9.17, 15) is 9.59 Å². The molecular formula is C15H22N4O4. The van der Waals surface area contributed by atoms with Crippen LogP contribution in [0.4, 0.5) is 0 Å². The second-order valence-corrected chi connectivity index (χ2v) is 6.08. The van der Waals surface area contributed by atoms with Crippen molar-refractivity contribution in [2.24, 2.45) is 7.05 Å². The number of fused-ring (bicyclic) bond motifs is 1. The van der Waals surface area contributed by atoms with E-state index in [1.165, 1.54) is 4.57 Å². The minimum atomic E-state index is -0.455. The molecule has 1 N–H and O–H groups in total. The van der Waals surface area contributed by atoms with Gasteiger partial charge in [0, 0.05) is 20.0 Å². The summed E-state index contributed by atoms with van der Waals surface area (Å²) in [5.74, 6) is -0.455. The van der Waals surface area contributed by atoms with Crippen LogP contribution >= 0.6 is 0 Å². The monoisotopic (exact) mass is 322 g/mol. The molecule has 0 aliphatic carbocycles. The third kappa shape index (κ3) is 3.23. The molecule has 8 heteroatoms. The van der Waals surface area contributed by atoms with Crippen LogP contribution in [0.3, 0.4) is 0 Å². The van der Waals surface area contributed by atoms with E-state index in [4.69, 9.17) is 9.47 Å². The number of nitrogens with zero attached hydrogens (tertiary/aromatic N) is 3. The number of aryl methyl sites for hydroxylation is 2. The zero-order valence-corrected chi connectivity index (χ0v) is 13.5. The number of hydrogen-bond acceptors (Lipinski definition) is 5. The Morgan fingerprint density at radius 2 is 2.00 bits per heavy atom. The molecule has 0 spiro atoms. The molecule has 1 saturated heterocycles. The fraction of sp³-hybridized carbons (Fsp3) is 0.667. The molecule has 0 saturated carbocycles. The fourth-order valence-electron chi connectivity index (χ4n) is 3.00. The van der Waals surface area contributed by atoms with Crippen molar-refractivity contribution < 1.29 is 9.47 Å². The SMILES string of the molecule is Cn1cnc2c1c(=O)[nH]c(=O)n2CCCCCC1(C)OCCO1. The molecule has 126 valence electrons. The highest BCUT2D eigenvalue weighted by Crippen LogP contribution is 2.25. The topological polar surface area (TPSA) is 91.1 Å². The molecule has 0 radical (unpaired) electrons. The maximum Gasteiger partial charge on any atom is 0.330 e. The van der Waals surface area contributed by atoms with E-state index in [-0.39, 0.29) is 0 Å². The van der Waals surface area contributed by atoms with Crippen molar-refractivity contribution in [2.75, 3.05) is 13.2 Å². The average molecular weight is 322 g/mol. The standard InChI is InChI=1S/C15H22N4O4/c1-15(22-8-9-23-15)6-4-3-5-7-19-12-11(18(2)10-16-12)13(20)17-14(19)21/h10H,3-9H2,1-2H3,(H,17,20,21). The van der Waals surface area contributed by atoms with Gasteiger partial charge in [-0.25, -0.2) is 9.78 Å². The van der Waals surface area contributed by atoms with E-state index >= 15 is 0 Å². The van der Waals surface area contributed by atoms with Crippen LogP contribution in [0.15, 0.2) is 15.9 Å². The smallest absolute Gasteiger partial charge is 0.330 e. The van der Waals surface area contributed by atoms with E-state index in [2.05, 4.69) is 9.97 Å². The van der Waals surface area contributed by atoms with E-state index in [1.54, 1.807) is 17.9 Å². The molecule has 1 fully saturated rings. The van der Waals surface area contributed by atoms with Crippen LogP contribution in [0.5, 0.6) is 0 Å². The Morgan fingerprint density at radius 1 is 1.26 bits per heavy atom. The molecule has 23 heavy (non-hydrogen) atoms. The first-order valence-electron chi connectivity index (χ1n) is 7.92. The van der Waals surface area contributed by atoms with Crippen LogP contribution < -0.4 is 11.2 Å². The number of aromatic nitrogens is 4. The summed E-state index contributed by atoms with van der Waals surface area (Å²) in [5.41, 5.74) is 0.0564. The van der Waals surface area contributed by atoms with Gasteiger partial charge in [-0.05, 0) is 19.8 Å². The van der Waals surface area contributed by atoms with Crippen molar-refractivity contribution >= 4 is 11.2 Å². The second kappa shape index (κ2) is 6.29. The van der Waals surface area contributed by atoms with E-state index < -0.39 is 17.0 Å². The minimum Gasteiger partial charge on any atom is -0.348 e. The molecule has 3 heterocycles. The second-order valence-electron chi connectivity index (χ2n) is 6.08. The number of nitrogens with one attached hydrogen (secondary N) is 1. The van der Waals surface area contributed by atoms with Crippen LogP contribution in [0.1, 0.15) is 32.6 Å². The Labute approximate surface area is 133 Å². The Morgan fingerprint density at radius 3 is 2.74 bits per heavy atom. The van der Waals surface area contributed by atoms with Crippen molar-refractivity contribution in [3.8, 4) is 0 Å². The van der Waals surface area contributed by atoms with Crippen LogP contribution in [-0.4, -0.2) is 38.1 Å². The van der Waals surface area contributed by atoms with Gasteiger partial charge in [-0.2, -0.15) is 0 Å². The van der Waals surface area contributed by atoms with Crippen LogP contribution in [0.2, 0.25) is 0 Å². The number of hydrogen-bond donors (Lipinski definition) is 1. The maximum absolute atomic E-state index is 12.0. The van der Waals surface area contributed by atoms with Gasteiger partial charge in [0.15, 0.2) is 17.0 Å². The van der Waals surface area contributed by atoms with E-state index in [0.29, 0.717) is 30.9 Å². The Bertz CT molecular complexity index is 798. The Kier molecular flexibility index (Phi) is 4.36. The van der Waals surface area contributed by atoms with E-state index in [1.807, 2.05) is 6.92 Å². The van der Waals surface area contributed by atoms with Gasteiger partial charge in [0.1, 0.15) is 0 Å². The molecule has 3 rings (SSSR count). The van der Waals surface area contributed by atoms with Gasteiger partial charge in [0.05, 0.1) is 19.5 Å². The lowest BCUT2D eigenvalue weighted by molar-refractivity contribution is -0.147. The molecule has 0 amide bonds. The number of imidazole rings is 1. The lowest BCUT2D eigenvalue weighted by atomic mass is 10.1. The van der Waals surface area contributed by atoms with Crippen molar-refractivity contribution in [2.45, 2.75) is 44.9 Å². The highest BCUT2D eigenvalue weighted by atomic mass is 16.7. The van der Waals surface area contributed by atoms with E-state index in [0.717, 1.165) is 25.7 Å². The molecule has 0 aromatic carbocycles. The summed E-state index contributed by atoms with van der Waals surface area (Å²) < 4.78 is 14.3. The lowest BCUT2D eigenvalue weighted by Gasteiger charge is -2.21. The Balaban J connectivity index is 1.61. The van der Waals surface area contributed by atoms with Crippen LogP contribution in [0, 0.1) is 0 Å². The summed E-state index contributed by atoms with van der Waals surface area (Å²) in [7, 11) is 1.74. The molecule has 1 aliphatic heterocycles. The number of H-pyrrole nitrogens is 1. The first-order valence-corrected chi connectivity index (χ1v) is 7.92. The number of ether oxygens (including phenoxy) is 2. The molecule has 0 atom stereocenters. The quantitative estimate of drug-likeness (QED) is 0.792. The van der Waals surface area contributed by atoms with Crippen LogP contribution in [0.25, 0.3) is 11.2 Å². The normalized spacial score (nSPS) is 17.1. The number of aromatic amines is 1.